The third kappa shape index (κ3) is 8.09. The van der Waals surface area contributed by atoms with E-state index in [2.05, 4.69) is 17.3 Å². The molecule has 10 heteroatoms. The third-order valence-corrected chi connectivity index (χ3v) is 9.36. The molecule has 2 fully saturated rings. The number of pyridine rings is 1. The van der Waals surface area contributed by atoms with Crippen LogP contribution in [0, 0.1) is 0 Å². The zero-order valence-electron chi connectivity index (χ0n) is 28.7. The summed E-state index contributed by atoms with van der Waals surface area (Å²) in [5.74, 6) is 4.32. The Morgan fingerprint density at radius 2 is 1.62 bits per heavy atom. The number of benzene rings is 3. The number of para-hydroxylation sites is 1. The van der Waals surface area contributed by atoms with Crippen LogP contribution in [0.1, 0.15) is 37.7 Å². The van der Waals surface area contributed by atoms with Crippen molar-refractivity contribution in [1.82, 2.24) is 24.6 Å². The maximum atomic E-state index is 13.4. The van der Waals surface area contributed by atoms with E-state index in [4.69, 9.17) is 24.3 Å². The molecule has 1 aliphatic heterocycles. The van der Waals surface area contributed by atoms with E-state index < -0.39 is 0 Å². The number of aromatic nitrogens is 3. The Kier molecular flexibility index (Phi) is 10.3. The Morgan fingerprint density at radius 3 is 2.36 bits per heavy atom. The molecular weight excluding hydrogens is 628 g/mol. The number of amides is 1. The van der Waals surface area contributed by atoms with Gasteiger partial charge in [0.2, 0.25) is 5.91 Å². The number of hydrogen-bond donors (Lipinski definition) is 1. The van der Waals surface area contributed by atoms with E-state index in [1.807, 2.05) is 101 Å². The van der Waals surface area contributed by atoms with Crippen LogP contribution in [0.4, 0.5) is 5.82 Å². The molecule has 0 unspecified atom stereocenters. The van der Waals surface area contributed by atoms with Crippen molar-refractivity contribution in [2.24, 2.45) is 0 Å². The second-order valence-electron chi connectivity index (χ2n) is 13.0. The van der Waals surface area contributed by atoms with Crippen molar-refractivity contribution in [2.75, 3.05) is 39.1 Å². The minimum atomic E-state index is 0.0436. The van der Waals surface area contributed by atoms with Gasteiger partial charge in [0.15, 0.2) is 11.5 Å². The summed E-state index contributed by atoms with van der Waals surface area (Å²) in [6, 6.07) is 27.8. The van der Waals surface area contributed by atoms with Gasteiger partial charge in [-0.05, 0) is 93.2 Å². The number of piperidine rings is 1. The fraction of sp³-hybridized carbons (Fsp3) is 0.325. The van der Waals surface area contributed by atoms with Crippen LogP contribution < -0.4 is 19.5 Å². The third-order valence-electron chi connectivity index (χ3n) is 9.36. The molecule has 1 saturated heterocycles. The van der Waals surface area contributed by atoms with Gasteiger partial charge >= 0.3 is 0 Å². The van der Waals surface area contributed by atoms with E-state index in [9.17, 15) is 4.79 Å². The normalized spacial score (nSPS) is 16.2. The minimum absolute atomic E-state index is 0.0436. The standard InChI is InChI=1S/C40H44N6O4/c1-44(30-15-16-30)25-8-12-37(47)45-26-7-6-9-31(45)27-42-39-38-36(50-35-21-19-34(20-22-35)49-33-10-4-3-5-11-33)23-24-41-40(38)46(43-39)28-29-13-17-32(48-2)18-14-29/h3-5,8,10-14,17-24,30-31H,6-7,9,15-16,25-28H2,1-2H3,(H,42,43)/b12-8+/t31-/m0/s1. The summed E-state index contributed by atoms with van der Waals surface area (Å²) in [6.07, 6.45) is 11.0. The summed E-state index contributed by atoms with van der Waals surface area (Å²) < 4.78 is 19.7. The molecule has 0 bridgehead atoms. The monoisotopic (exact) mass is 672 g/mol. The van der Waals surface area contributed by atoms with Gasteiger partial charge in [-0.3, -0.25) is 9.69 Å². The van der Waals surface area contributed by atoms with Gasteiger partial charge < -0.3 is 24.4 Å². The van der Waals surface area contributed by atoms with E-state index >= 15 is 0 Å². The average Bonchev–Trinajstić information content (AvgIpc) is 3.95. The molecule has 0 radical (unpaired) electrons. The lowest BCUT2D eigenvalue weighted by Gasteiger charge is -2.35. The Balaban J connectivity index is 1.12. The van der Waals surface area contributed by atoms with E-state index in [1.165, 1.54) is 12.8 Å². The number of carbonyl (C=O) groups is 1. The van der Waals surface area contributed by atoms with Crippen molar-refractivity contribution in [2.45, 2.75) is 50.7 Å². The first kappa shape index (κ1) is 33.2. The number of nitrogens with zero attached hydrogens (tertiary/aromatic N) is 5. The van der Waals surface area contributed by atoms with Gasteiger partial charge in [-0.25, -0.2) is 9.67 Å². The molecule has 0 spiro atoms. The molecule has 1 saturated carbocycles. The van der Waals surface area contributed by atoms with Gasteiger partial charge in [0.05, 0.1) is 13.7 Å². The molecule has 7 rings (SSSR count). The first-order valence-corrected chi connectivity index (χ1v) is 17.4. The molecule has 3 aromatic carbocycles. The summed E-state index contributed by atoms with van der Waals surface area (Å²) >= 11 is 0. The average molecular weight is 673 g/mol. The Hall–Kier alpha value is -5.35. The van der Waals surface area contributed by atoms with Gasteiger partial charge in [0, 0.05) is 50.1 Å². The second kappa shape index (κ2) is 15.5. The van der Waals surface area contributed by atoms with Crippen LogP contribution in [-0.4, -0.2) is 76.3 Å². The van der Waals surface area contributed by atoms with Crippen molar-refractivity contribution in [3.63, 3.8) is 0 Å². The van der Waals surface area contributed by atoms with Crippen LogP contribution in [0.5, 0.6) is 28.7 Å². The SMILES string of the molecule is COc1ccc(Cn2nc(NC[C@@H]3CCCCN3C(=O)/C=C/CN(C)C3CC3)c3c(Oc4ccc(Oc5ccccc5)cc4)ccnc32)cc1. The number of likely N-dealkylation sites (tertiary alicyclic amines) is 1. The van der Waals surface area contributed by atoms with Crippen molar-refractivity contribution < 1.29 is 19.0 Å². The van der Waals surface area contributed by atoms with Gasteiger partial charge in [-0.2, -0.15) is 5.10 Å². The lowest BCUT2D eigenvalue weighted by atomic mass is 10.0. The van der Waals surface area contributed by atoms with Crippen LogP contribution in [0.3, 0.4) is 0 Å². The maximum Gasteiger partial charge on any atom is 0.246 e. The molecule has 3 heterocycles. The molecule has 2 aliphatic rings. The Morgan fingerprint density at radius 1 is 0.900 bits per heavy atom. The van der Waals surface area contributed by atoms with Crippen LogP contribution >= 0.6 is 0 Å². The zero-order chi connectivity index (χ0) is 34.3. The molecule has 1 amide bonds. The summed E-state index contributed by atoms with van der Waals surface area (Å²) in [6.45, 7) is 2.62. The number of rotatable bonds is 14. The number of fused-ring (bicyclic) bond motifs is 1. The fourth-order valence-corrected chi connectivity index (χ4v) is 6.42. The van der Waals surface area contributed by atoms with Gasteiger partial charge in [0.1, 0.15) is 34.1 Å². The molecule has 1 N–H and O–H groups in total. The van der Waals surface area contributed by atoms with Gasteiger partial charge in [-0.15, -0.1) is 0 Å². The lowest BCUT2D eigenvalue weighted by Crippen LogP contribution is -2.46. The van der Waals surface area contributed by atoms with Crippen molar-refractivity contribution in [1.29, 1.82) is 0 Å². The smallest absolute Gasteiger partial charge is 0.246 e. The highest BCUT2D eigenvalue weighted by molar-refractivity contribution is 5.93. The molecular formula is C40H44N6O4. The highest BCUT2D eigenvalue weighted by Gasteiger charge is 2.28. The molecule has 2 aromatic heterocycles. The molecule has 50 heavy (non-hydrogen) atoms. The quantitative estimate of drug-likeness (QED) is 0.121. The summed E-state index contributed by atoms with van der Waals surface area (Å²) in [4.78, 5) is 22.4. The van der Waals surface area contributed by atoms with Gasteiger partial charge in [0.25, 0.3) is 0 Å². The number of carbonyl (C=O) groups excluding carboxylic acids is 1. The zero-order valence-corrected chi connectivity index (χ0v) is 28.7. The summed E-state index contributed by atoms with van der Waals surface area (Å²) in [5.41, 5.74) is 1.76. The van der Waals surface area contributed by atoms with Crippen LogP contribution in [-0.2, 0) is 11.3 Å². The fourth-order valence-electron chi connectivity index (χ4n) is 6.42. The Labute approximate surface area is 293 Å². The number of likely N-dealkylation sites (N-methyl/N-ethyl adjacent to an activating group) is 1. The lowest BCUT2D eigenvalue weighted by molar-refractivity contribution is -0.129. The maximum absolute atomic E-state index is 13.4. The molecule has 258 valence electrons. The van der Waals surface area contributed by atoms with Crippen molar-refractivity contribution in [3.8, 4) is 28.7 Å². The van der Waals surface area contributed by atoms with E-state index in [0.717, 1.165) is 60.6 Å². The number of ether oxygens (including phenoxy) is 3. The van der Waals surface area contributed by atoms with Gasteiger partial charge in [-0.1, -0.05) is 36.4 Å². The van der Waals surface area contributed by atoms with Crippen LogP contribution in [0.25, 0.3) is 11.0 Å². The van der Waals surface area contributed by atoms with E-state index in [-0.39, 0.29) is 11.9 Å². The summed E-state index contributed by atoms with van der Waals surface area (Å²) in [7, 11) is 3.79. The topological polar surface area (TPSA) is 94.0 Å². The number of anilines is 1. The molecule has 5 aromatic rings. The highest BCUT2D eigenvalue weighted by atomic mass is 16.5. The van der Waals surface area contributed by atoms with Crippen molar-refractivity contribution in [3.05, 3.63) is 109 Å². The summed E-state index contributed by atoms with van der Waals surface area (Å²) in [5, 5.41) is 9.41. The first-order chi connectivity index (χ1) is 24.5. The molecule has 1 atom stereocenters. The molecule has 1 aliphatic carbocycles. The molecule has 10 nitrogen and oxygen atoms in total. The number of methoxy groups -OCH3 is 1. The first-order valence-electron chi connectivity index (χ1n) is 17.4. The Bertz CT molecular complexity index is 1900. The van der Waals surface area contributed by atoms with Crippen molar-refractivity contribution >= 4 is 22.8 Å². The van der Waals surface area contributed by atoms with Crippen LogP contribution in [0.2, 0.25) is 0 Å². The predicted octanol–water partition coefficient (Wildman–Crippen LogP) is 7.52. The van der Waals surface area contributed by atoms with E-state index in [1.54, 1.807) is 19.4 Å². The van der Waals surface area contributed by atoms with Crippen LogP contribution in [0.15, 0.2) is 103 Å². The largest absolute Gasteiger partial charge is 0.497 e. The van der Waals surface area contributed by atoms with E-state index in [0.29, 0.717) is 42.1 Å². The number of nitrogens with one attached hydrogen (secondary N) is 1. The highest BCUT2D eigenvalue weighted by Crippen LogP contribution is 2.36. The second-order valence-corrected chi connectivity index (χ2v) is 13.0. The minimum Gasteiger partial charge on any atom is -0.497 e. The number of hydrogen-bond acceptors (Lipinski definition) is 8. The predicted molar refractivity (Wildman–Crippen MR) is 195 cm³/mol.